The van der Waals surface area contributed by atoms with Gasteiger partial charge in [0.05, 0.1) is 5.56 Å². The molecule has 21 heavy (non-hydrogen) atoms. The second-order valence-corrected chi connectivity index (χ2v) is 6.71. The molecule has 0 unspecified atom stereocenters. The highest BCUT2D eigenvalue weighted by Crippen LogP contribution is 2.38. The first-order valence-corrected chi connectivity index (χ1v) is 7.98. The Morgan fingerprint density at radius 3 is 2.38 bits per heavy atom. The average Bonchev–Trinajstić information content (AvgIpc) is 2.79. The molecule has 0 aliphatic heterocycles. The van der Waals surface area contributed by atoms with Crippen molar-refractivity contribution in [2.45, 2.75) is 0 Å². The van der Waals surface area contributed by atoms with Gasteiger partial charge >= 0.3 is 0 Å². The predicted octanol–water partition coefficient (Wildman–Crippen LogP) is 5.77. The van der Waals surface area contributed by atoms with Crippen LogP contribution in [0.3, 0.4) is 0 Å². The average molecular weight is 429 g/mol. The summed E-state index contributed by atoms with van der Waals surface area (Å²) in [6.07, 6.45) is 0. The molecule has 0 amide bonds. The summed E-state index contributed by atoms with van der Waals surface area (Å²) in [7, 11) is 0. The zero-order valence-electron chi connectivity index (χ0n) is 10.6. The Kier molecular flexibility index (Phi) is 4.06. The van der Waals surface area contributed by atoms with Crippen LogP contribution in [0.4, 0.5) is 5.88 Å². The molecule has 106 valence electrons. The third kappa shape index (κ3) is 3.00. The molecular formula is C15H9Br2ClN2O. The Hall–Kier alpha value is -1.30. The van der Waals surface area contributed by atoms with Crippen LogP contribution in [0.1, 0.15) is 0 Å². The number of hydrogen-bond acceptors (Lipinski definition) is 3. The van der Waals surface area contributed by atoms with Crippen molar-refractivity contribution in [1.29, 1.82) is 0 Å². The number of nitrogens with two attached hydrogens (primary N) is 1. The van der Waals surface area contributed by atoms with Gasteiger partial charge in [0.2, 0.25) is 5.88 Å². The second-order valence-electron chi connectivity index (χ2n) is 4.44. The molecule has 0 saturated heterocycles. The number of halogens is 3. The molecule has 0 aliphatic rings. The van der Waals surface area contributed by atoms with Crippen molar-refractivity contribution in [2.24, 2.45) is 0 Å². The summed E-state index contributed by atoms with van der Waals surface area (Å²) in [5, 5.41) is 4.72. The van der Waals surface area contributed by atoms with Crippen molar-refractivity contribution >= 4 is 49.3 Å². The van der Waals surface area contributed by atoms with E-state index in [1.807, 2.05) is 42.5 Å². The predicted molar refractivity (Wildman–Crippen MR) is 92.2 cm³/mol. The number of hydrogen-bond donors (Lipinski definition) is 1. The first kappa shape index (κ1) is 14.6. The fraction of sp³-hybridized carbons (Fsp3) is 0. The maximum absolute atomic E-state index is 6.06. The van der Waals surface area contributed by atoms with Crippen molar-refractivity contribution in [3.8, 4) is 22.4 Å². The van der Waals surface area contributed by atoms with Gasteiger partial charge in [-0.1, -0.05) is 60.8 Å². The summed E-state index contributed by atoms with van der Waals surface area (Å²) in [5.41, 5.74) is 9.12. The summed E-state index contributed by atoms with van der Waals surface area (Å²) in [6.45, 7) is 0. The summed E-state index contributed by atoms with van der Waals surface area (Å²) >= 11 is 13.0. The standard InChI is InChI=1S/C15H9Br2ClN2O/c16-10-4-9(5-11(17)7-10)14-13(15(19)21-20-14)8-2-1-3-12(18)6-8/h1-7H,19H2. The van der Waals surface area contributed by atoms with Gasteiger partial charge < -0.3 is 10.3 Å². The Balaban J connectivity index is 2.21. The smallest absolute Gasteiger partial charge is 0.230 e. The molecule has 0 radical (unpaired) electrons. The molecule has 2 N–H and O–H groups in total. The molecule has 0 bridgehead atoms. The fourth-order valence-electron chi connectivity index (χ4n) is 2.11. The highest BCUT2D eigenvalue weighted by molar-refractivity contribution is 9.11. The van der Waals surface area contributed by atoms with Gasteiger partial charge in [0, 0.05) is 19.5 Å². The van der Waals surface area contributed by atoms with Gasteiger partial charge in [0.1, 0.15) is 5.69 Å². The molecule has 2 aromatic carbocycles. The summed E-state index contributed by atoms with van der Waals surface area (Å²) in [6, 6.07) is 13.3. The number of anilines is 1. The number of nitrogens with zero attached hydrogens (tertiary/aromatic N) is 1. The normalized spacial score (nSPS) is 10.8. The van der Waals surface area contributed by atoms with Crippen LogP contribution in [-0.2, 0) is 0 Å². The van der Waals surface area contributed by atoms with Crippen LogP contribution >= 0.6 is 43.5 Å². The Morgan fingerprint density at radius 1 is 1.00 bits per heavy atom. The Bertz CT molecular complexity index is 797. The van der Waals surface area contributed by atoms with Crippen molar-refractivity contribution < 1.29 is 4.52 Å². The van der Waals surface area contributed by atoms with E-state index in [1.165, 1.54) is 0 Å². The molecular weight excluding hydrogens is 419 g/mol. The Morgan fingerprint density at radius 2 is 1.71 bits per heavy atom. The quantitative estimate of drug-likeness (QED) is 0.564. The lowest BCUT2D eigenvalue weighted by Gasteiger charge is -2.05. The van der Waals surface area contributed by atoms with E-state index in [0.717, 1.165) is 25.6 Å². The van der Waals surface area contributed by atoms with Crippen LogP contribution in [0.2, 0.25) is 5.02 Å². The fourth-order valence-corrected chi connectivity index (χ4v) is 3.60. The van der Waals surface area contributed by atoms with Gasteiger partial charge in [0.15, 0.2) is 0 Å². The van der Waals surface area contributed by atoms with Gasteiger partial charge in [-0.15, -0.1) is 0 Å². The van der Waals surface area contributed by atoms with Gasteiger partial charge in [0.25, 0.3) is 0 Å². The lowest BCUT2D eigenvalue weighted by molar-refractivity contribution is 0.439. The number of benzene rings is 2. The van der Waals surface area contributed by atoms with Gasteiger partial charge in [-0.05, 0) is 35.9 Å². The van der Waals surface area contributed by atoms with E-state index in [9.17, 15) is 0 Å². The Labute approximate surface area is 143 Å². The topological polar surface area (TPSA) is 52.0 Å². The van der Waals surface area contributed by atoms with E-state index >= 15 is 0 Å². The highest BCUT2D eigenvalue weighted by Gasteiger charge is 2.18. The van der Waals surface area contributed by atoms with Crippen LogP contribution in [-0.4, -0.2) is 5.16 Å². The number of rotatable bonds is 2. The van der Waals surface area contributed by atoms with Crippen LogP contribution < -0.4 is 5.73 Å². The number of nitrogen functional groups attached to an aromatic ring is 1. The molecule has 3 aromatic rings. The van der Waals surface area contributed by atoms with E-state index in [4.69, 9.17) is 21.9 Å². The zero-order valence-corrected chi connectivity index (χ0v) is 14.5. The van der Waals surface area contributed by atoms with Gasteiger partial charge in [-0.3, -0.25) is 0 Å². The van der Waals surface area contributed by atoms with E-state index in [0.29, 0.717) is 10.7 Å². The molecule has 0 fully saturated rings. The minimum atomic E-state index is 0.267. The first-order chi connectivity index (χ1) is 10.0. The van der Waals surface area contributed by atoms with Crippen molar-refractivity contribution in [3.63, 3.8) is 0 Å². The third-order valence-electron chi connectivity index (χ3n) is 2.97. The van der Waals surface area contributed by atoms with Crippen molar-refractivity contribution in [2.75, 3.05) is 5.73 Å². The van der Waals surface area contributed by atoms with Gasteiger partial charge in [-0.25, -0.2) is 0 Å². The molecule has 3 rings (SSSR count). The third-order valence-corrected chi connectivity index (χ3v) is 4.12. The van der Waals surface area contributed by atoms with Crippen LogP contribution in [0, 0.1) is 0 Å². The summed E-state index contributed by atoms with van der Waals surface area (Å²) in [4.78, 5) is 0. The minimum absolute atomic E-state index is 0.267. The minimum Gasteiger partial charge on any atom is -0.367 e. The maximum Gasteiger partial charge on any atom is 0.230 e. The lowest BCUT2D eigenvalue weighted by atomic mass is 10.0. The maximum atomic E-state index is 6.06. The molecule has 0 atom stereocenters. The monoisotopic (exact) mass is 426 g/mol. The summed E-state index contributed by atoms with van der Waals surface area (Å²) < 4.78 is 7.05. The zero-order chi connectivity index (χ0) is 15.0. The molecule has 6 heteroatoms. The van der Waals surface area contributed by atoms with E-state index in [2.05, 4.69) is 37.0 Å². The van der Waals surface area contributed by atoms with E-state index in [1.54, 1.807) is 0 Å². The summed E-state index contributed by atoms with van der Waals surface area (Å²) in [5.74, 6) is 0.267. The van der Waals surface area contributed by atoms with Crippen LogP contribution in [0.15, 0.2) is 55.9 Å². The molecule has 1 aromatic heterocycles. The molecule has 0 aliphatic carbocycles. The largest absolute Gasteiger partial charge is 0.367 e. The molecule has 3 nitrogen and oxygen atoms in total. The second kappa shape index (κ2) is 5.83. The molecule has 1 heterocycles. The highest BCUT2D eigenvalue weighted by atomic mass is 79.9. The molecule has 0 spiro atoms. The number of aromatic nitrogens is 1. The van der Waals surface area contributed by atoms with Crippen LogP contribution in [0.25, 0.3) is 22.4 Å². The van der Waals surface area contributed by atoms with E-state index < -0.39 is 0 Å². The van der Waals surface area contributed by atoms with Crippen molar-refractivity contribution in [1.82, 2.24) is 5.16 Å². The van der Waals surface area contributed by atoms with Gasteiger partial charge in [-0.2, -0.15) is 0 Å². The lowest BCUT2D eigenvalue weighted by Crippen LogP contribution is -1.88. The van der Waals surface area contributed by atoms with E-state index in [-0.39, 0.29) is 5.88 Å². The molecule has 0 saturated carbocycles. The van der Waals surface area contributed by atoms with Crippen molar-refractivity contribution in [3.05, 3.63) is 56.4 Å². The van der Waals surface area contributed by atoms with Crippen LogP contribution in [0.5, 0.6) is 0 Å². The first-order valence-electron chi connectivity index (χ1n) is 6.02. The SMILES string of the molecule is Nc1onc(-c2cc(Br)cc(Br)c2)c1-c1cccc(Cl)c1.